The van der Waals surface area contributed by atoms with Gasteiger partial charge in [0.05, 0.1) is 5.56 Å². The lowest BCUT2D eigenvalue weighted by Gasteiger charge is -2.14. The molecule has 0 saturated carbocycles. The van der Waals surface area contributed by atoms with Gasteiger partial charge in [-0.05, 0) is 76.3 Å². The second-order valence-corrected chi connectivity index (χ2v) is 9.51. The van der Waals surface area contributed by atoms with Gasteiger partial charge in [0.2, 0.25) is 11.9 Å². The Morgan fingerprint density at radius 2 is 1.40 bits per heavy atom. The molecule has 1 aromatic rings. The maximum absolute atomic E-state index is 13.5. The normalized spacial score (nSPS) is 12.9. The highest BCUT2D eigenvalue weighted by atomic mass is 19.1. The van der Waals surface area contributed by atoms with Crippen LogP contribution in [0.5, 0.6) is 0 Å². The molecule has 0 bridgehead atoms. The molecule has 228 valence electrons. The summed E-state index contributed by atoms with van der Waals surface area (Å²) >= 11 is 0. The first-order valence-electron chi connectivity index (χ1n) is 14.8. The molecule has 1 heterocycles. The average Bonchev–Trinajstić information content (AvgIpc) is 2.97. The number of hydrogen-bond donors (Lipinski definition) is 3. The van der Waals surface area contributed by atoms with E-state index in [1.807, 2.05) is 12.2 Å². The van der Waals surface area contributed by atoms with E-state index in [4.69, 9.17) is 0 Å². The van der Waals surface area contributed by atoms with Gasteiger partial charge in [0.25, 0.3) is 5.91 Å². The summed E-state index contributed by atoms with van der Waals surface area (Å²) < 4.78 is 13.5. The third-order valence-electron chi connectivity index (χ3n) is 5.98. The van der Waals surface area contributed by atoms with Crippen LogP contribution < -0.4 is 10.6 Å². The van der Waals surface area contributed by atoms with Crippen LogP contribution in [0.3, 0.4) is 0 Å². The number of aromatic nitrogens is 1. The molecule has 0 aliphatic heterocycles. The summed E-state index contributed by atoms with van der Waals surface area (Å²) in [6, 6.07) is 1.82. The number of pyridine rings is 1. The highest BCUT2D eigenvalue weighted by Gasteiger charge is 2.19. The van der Waals surface area contributed by atoms with Crippen LogP contribution in [0.4, 0.5) is 4.39 Å². The van der Waals surface area contributed by atoms with Gasteiger partial charge in [-0.2, -0.15) is 4.39 Å². The van der Waals surface area contributed by atoms with Crippen molar-refractivity contribution in [1.29, 1.82) is 0 Å². The van der Waals surface area contributed by atoms with Crippen LogP contribution in [0.15, 0.2) is 91.2 Å². The summed E-state index contributed by atoms with van der Waals surface area (Å²) in [5.74, 6) is -2.83. The van der Waals surface area contributed by atoms with Gasteiger partial charge in [0, 0.05) is 19.2 Å². The lowest BCUT2D eigenvalue weighted by molar-refractivity contribution is -0.142. The second-order valence-electron chi connectivity index (χ2n) is 9.51. The Morgan fingerprint density at radius 3 is 1.93 bits per heavy atom. The third-order valence-corrected chi connectivity index (χ3v) is 5.98. The molecule has 0 aliphatic rings. The topological polar surface area (TPSA) is 108 Å². The van der Waals surface area contributed by atoms with E-state index in [-0.39, 0.29) is 30.9 Å². The number of nitrogens with zero attached hydrogens (tertiary/aromatic N) is 1. The highest BCUT2D eigenvalue weighted by molar-refractivity contribution is 5.94. The molecule has 0 radical (unpaired) electrons. The number of unbranched alkanes of at least 4 members (excludes halogenated alkanes) is 1. The predicted octanol–water partition coefficient (Wildman–Crippen LogP) is 7.17. The summed E-state index contributed by atoms with van der Waals surface area (Å²) in [5.41, 5.74) is -0.139. The molecule has 42 heavy (non-hydrogen) atoms. The van der Waals surface area contributed by atoms with Gasteiger partial charge < -0.3 is 15.7 Å². The number of amides is 2. The first kappa shape index (κ1) is 36.0. The molecule has 0 fully saturated rings. The molecule has 0 aliphatic carbocycles. The van der Waals surface area contributed by atoms with Crippen LogP contribution in [-0.2, 0) is 9.59 Å². The zero-order valence-corrected chi connectivity index (χ0v) is 24.7. The van der Waals surface area contributed by atoms with E-state index in [9.17, 15) is 23.9 Å². The van der Waals surface area contributed by atoms with Gasteiger partial charge in [-0.3, -0.25) is 9.59 Å². The number of nitrogens with one attached hydrogen (secondary N) is 2. The number of carboxylic acids is 1. The Bertz CT molecular complexity index is 1110. The van der Waals surface area contributed by atoms with Crippen LogP contribution in [0.2, 0.25) is 0 Å². The van der Waals surface area contributed by atoms with E-state index in [1.165, 1.54) is 18.3 Å². The van der Waals surface area contributed by atoms with Gasteiger partial charge in [-0.15, -0.1) is 0 Å². The zero-order chi connectivity index (χ0) is 30.7. The average molecular weight is 580 g/mol. The third kappa shape index (κ3) is 19.1. The smallest absolute Gasteiger partial charge is 0.326 e. The first-order valence-corrected chi connectivity index (χ1v) is 14.8. The lowest BCUT2D eigenvalue weighted by atomic mass is 10.1. The number of rotatable bonds is 22. The van der Waals surface area contributed by atoms with E-state index in [0.29, 0.717) is 19.3 Å². The maximum atomic E-state index is 13.5. The molecule has 3 N–H and O–H groups in total. The van der Waals surface area contributed by atoms with Crippen molar-refractivity contribution in [3.63, 3.8) is 0 Å². The van der Waals surface area contributed by atoms with E-state index >= 15 is 0 Å². The monoisotopic (exact) mass is 579 g/mol. The lowest BCUT2D eigenvalue weighted by Crippen LogP contribution is -2.40. The van der Waals surface area contributed by atoms with Gasteiger partial charge in [-0.1, -0.05) is 79.8 Å². The number of aliphatic carboxylic acids is 1. The Labute approximate surface area is 250 Å². The van der Waals surface area contributed by atoms with E-state index < -0.39 is 23.9 Å². The van der Waals surface area contributed by atoms with Gasteiger partial charge in [-0.25, -0.2) is 9.78 Å². The van der Waals surface area contributed by atoms with Gasteiger partial charge in [0.15, 0.2) is 0 Å². The number of halogens is 1. The maximum Gasteiger partial charge on any atom is 0.326 e. The fourth-order valence-corrected chi connectivity index (χ4v) is 3.70. The Hall–Kier alpha value is -4.07. The van der Waals surface area contributed by atoms with Crippen LogP contribution in [0.1, 0.15) is 87.9 Å². The Balaban J connectivity index is 2.12. The molecule has 8 heteroatoms. The summed E-state index contributed by atoms with van der Waals surface area (Å²) in [5, 5.41) is 14.6. The van der Waals surface area contributed by atoms with Gasteiger partial charge in [0.1, 0.15) is 6.04 Å². The Kier molecular flexibility index (Phi) is 21.1. The molecule has 7 nitrogen and oxygen atoms in total. The Morgan fingerprint density at radius 1 is 0.857 bits per heavy atom. The van der Waals surface area contributed by atoms with Crippen LogP contribution in [0.25, 0.3) is 0 Å². The van der Waals surface area contributed by atoms with Crippen molar-refractivity contribution in [2.45, 2.75) is 83.6 Å². The molecule has 0 spiro atoms. The SMILES string of the molecule is CCC=CCC=CCC=CCC=CCC=CCC=CCCC(=O)N[C@@H](CCCCNC(=O)c1cccnc1F)C(=O)O. The van der Waals surface area contributed by atoms with Crippen molar-refractivity contribution in [2.75, 3.05) is 6.54 Å². The summed E-state index contributed by atoms with van der Waals surface area (Å²) in [4.78, 5) is 39.1. The van der Waals surface area contributed by atoms with Gasteiger partial charge >= 0.3 is 5.97 Å². The van der Waals surface area contributed by atoms with Crippen LogP contribution >= 0.6 is 0 Å². The predicted molar refractivity (Wildman–Crippen MR) is 167 cm³/mol. The molecule has 1 atom stereocenters. The van der Waals surface area contributed by atoms with Crippen LogP contribution in [0, 0.1) is 5.95 Å². The summed E-state index contributed by atoms with van der Waals surface area (Å²) in [6.45, 7) is 2.39. The fourth-order valence-electron chi connectivity index (χ4n) is 3.70. The number of allylic oxidation sites excluding steroid dienone is 12. The van der Waals surface area contributed by atoms with Crippen molar-refractivity contribution in [3.8, 4) is 0 Å². The molecule has 0 saturated heterocycles. The van der Waals surface area contributed by atoms with Crippen molar-refractivity contribution in [1.82, 2.24) is 15.6 Å². The molecular formula is C34H46FN3O4. The largest absolute Gasteiger partial charge is 0.480 e. The summed E-state index contributed by atoms with van der Waals surface area (Å²) in [7, 11) is 0. The zero-order valence-electron chi connectivity index (χ0n) is 24.7. The minimum Gasteiger partial charge on any atom is -0.480 e. The first-order chi connectivity index (χ1) is 20.5. The molecule has 1 rings (SSSR count). The van der Waals surface area contributed by atoms with E-state index in [1.54, 1.807) is 0 Å². The number of carbonyl (C=O) groups is 3. The van der Waals surface area contributed by atoms with E-state index in [0.717, 1.165) is 38.5 Å². The summed E-state index contributed by atoms with van der Waals surface area (Å²) in [6.07, 6.45) is 34.2. The second kappa shape index (κ2) is 24.7. The molecule has 2 amide bonds. The standard InChI is InChI=1S/C34H46FN3O4/c1-2-3-4-5-6-7-8-9-10-11-12-13-14-15-16-17-18-19-20-26-31(39)38-30(34(41)42)25-21-22-27-37-33(40)29-24-23-28-36-32(29)35/h3-4,6-7,9-10,12-13,15-16,18-19,23-24,28,30H,2,5,8,11,14,17,20-22,25-27H2,1H3,(H,37,40)(H,38,39)(H,41,42)/t30-/m0/s1. The molecule has 1 aromatic heterocycles. The van der Waals surface area contributed by atoms with Crippen molar-refractivity contribution in [2.24, 2.45) is 0 Å². The van der Waals surface area contributed by atoms with Crippen molar-refractivity contribution in [3.05, 3.63) is 103 Å². The molecule has 0 aromatic carbocycles. The minimum absolute atomic E-state index is 0.139. The van der Waals surface area contributed by atoms with Crippen LogP contribution in [-0.4, -0.2) is 40.5 Å². The molecular weight excluding hydrogens is 533 g/mol. The number of carboxylic acid groups (broad SMARTS) is 1. The quantitative estimate of drug-likeness (QED) is 0.0767. The van der Waals surface area contributed by atoms with E-state index in [2.05, 4.69) is 83.3 Å². The number of carbonyl (C=O) groups excluding carboxylic acids is 2. The number of hydrogen-bond acceptors (Lipinski definition) is 4. The molecule has 0 unspecified atom stereocenters. The fraction of sp³-hybridized carbons (Fsp3) is 0.412. The van der Waals surface area contributed by atoms with Crippen molar-refractivity contribution < 1.29 is 23.9 Å². The van der Waals surface area contributed by atoms with Crippen molar-refractivity contribution >= 4 is 17.8 Å². The highest BCUT2D eigenvalue weighted by Crippen LogP contribution is 2.05. The minimum atomic E-state index is -1.10.